The second-order valence-corrected chi connectivity index (χ2v) is 6.97. The van der Waals surface area contributed by atoms with Crippen molar-refractivity contribution in [3.63, 3.8) is 0 Å². The summed E-state index contributed by atoms with van der Waals surface area (Å²) in [6.45, 7) is 1.94. The summed E-state index contributed by atoms with van der Waals surface area (Å²) < 4.78 is 27.0. The molecule has 0 saturated carbocycles. The molecule has 8 heteroatoms. The SMILES string of the molecule is CCC(CSC)NS(=O)(=O)c1cnc(NC)c(Cl)c1. The van der Waals surface area contributed by atoms with Gasteiger partial charge in [0.05, 0.1) is 5.02 Å². The first-order valence-corrected chi connectivity index (χ1v) is 9.04. The molecular weight excluding hydrogens is 306 g/mol. The topological polar surface area (TPSA) is 71.1 Å². The quantitative estimate of drug-likeness (QED) is 0.805. The number of halogens is 1. The Morgan fingerprint density at radius 2 is 2.21 bits per heavy atom. The molecule has 0 amide bonds. The number of nitrogens with zero attached hydrogens (tertiary/aromatic N) is 1. The summed E-state index contributed by atoms with van der Waals surface area (Å²) in [5.74, 6) is 1.18. The predicted octanol–water partition coefficient (Wildman–Crippen LogP) is 2.20. The minimum Gasteiger partial charge on any atom is -0.372 e. The molecule has 2 N–H and O–H groups in total. The van der Waals surface area contributed by atoms with E-state index in [1.165, 1.54) is 12.3 Å². The molecule has 5 nitrogen and oxygen atoms in total. The molecule has 0 bridgehead atoms. The van der Waals surface area contributed by atoms with Crippen LogP contribution in [0.2, 0.25) is 5.02 Å². The third-order valence-electron chi connectivity index (χ3n) is 2.55. The summed E-state index contributed by atoms with van der Waals surface area (Å²) in [5.41, 5.74) is 0. The summed E-state index contributed by atoms with van der Waals surface area (Å²) in [4.78, 5) is 4.05. The van der Waals surface area contributed by atoms with Crippen molar-refractivity contribution in [3.8, 4) is 0 Å². The van der Waals surface area contributed by atoms with Crippen LogP contribution in [0.1, 0.15) is 13.3 Å². The van der Waals surface area contributed by atoms with Crippen LogP contribution in [0.3, 0.4) is 0 Å². The highest BCUT2D eigenvalue weighted by molar-refractivity contribution is 7.98. The van der Waals surface area contributed by atoms with Crippen LogP contribution in [-0.2, 0) is 10.0 Å². The third-order valence-corrected chi connectivity index (χ3v) is 5.06. The van der Waals surface area contributed by atoms with Crippen LogP contribution in [0.25, 0.3) is 0 Å². The van der Waals surface area contributed by atoms with E-state index in [9.17, 15) is 8.42 Å². The van der Waals surface area contributed by atoms with Gasteiger partial charge < -0.3 is 5.32 Å². The van der Waals surface area contributed by atoms with Crippen molar-refractivity contribution in [1.29, 1.82) is 0 Å². The normalized spacial score (nSPS) is 13.3. The molecule has 1 rings (SSSR count). The highest BCUT2D eigenvalue weighted by Crippen LogP contribution is 2.22. The summed E-state index contributed by atoms with van der Waals surface area (Å²) in [6, 6.07) is 1.30. The Morgan fingerprint density at radius 3 is 2.68 bits per heavy atom. The molecule has 0 radical (unpaired) electrons. The Labute approximate surface area is 123 Å². The van der Waals surface area contributed by atoms with Crippen molar-refractivity contribution in [1.82, 2.24) is 9.71 Å². The molecule has 0 aromatic carbocycles. The lowest BCUT2D eigenvalue weighted by Crippen LogP contribution is -2.36. The molecule has 1 atom stereocenters. The van der Waals surface area contributed by atoms with Crippen LogP contribution in [0.4, 0.5) is 5.82 Å². The van der Waals surface area contributed by atoms with Crippen molar-refractivity contribution in [3.05, 3.63) is 17.3 Å². The zero-order valence-electron chi connectivity index (χ0n) is 11.1. The highest BCUT2D eigenvalue weighted by atomic mass is 35.5. The molecule has 1 aromatic rings. The number of thioether (sulfide) groups is 1. The van der Waals surface area contributed by atoms with E-state index in [4.69, 9.17) is 11.6 Å². The van der Waals surface area contributed by atoms with E-state index in [-0.39, 0.29) is 16.0 Å². The van der Waals surface area contributed by atoms with Crippen LogP contribution in [0.5, 0.6) is 0 Å². The summed E-state index contributed by atoms with van der Waals surface area (Å²) in [5, 5.41) is 3.07. The molecule has 19 heavy (non-hydrogen) atoms. The molecular formula is C11H18ClN3O2S2. The zero-order chi connectivity index (χ0) is 14.5. The van der Waals surface area contributed by atoms with Gasteiger partial charge in [-0.1, -0.05) is 18.5 Å². The monoisotopic (exact) mass is 323 g/mol. The molecule has 0 aliphatic rings. The molecule has 0 aliphatic heterocycles. The van der Waals surface area contributed by atoms with E-state index >= 15 is 0 Å². The minimum absolute atomic E-state index is 0.0797. The number of rotatable bonds is 7. The Morgan fingerprint density at radius 1 is 1.53 bits per heavy atom. The van der Waals surface area contributed by atoms with E-state index in [2.05, 4.69) is 15.0 Å². The predicted molar refractivity (Wildman–Crippen MR) is 81.6 cm³/mol. The van der Waals surface area contributed by atoms with Gasteiger partial charge in [-0.15, -0.1) is 0 Å². The Hall–Kier alpha value is -0.500. The number of sulfonamides is 1. The third kappa shape index (κ3) is 4.52. The molecule has 1 heterocycles. The highest BCUT2D eigenvalue weighted by Gasteiger charge is 2.20. The lowest BCUT2D eigenvalue weighted by atomic mass is 10.3. The van der Waals surface area contributed by atoms with Gasteiger partial charge in [-0.25, -0.2) is 18.1 Å². The van der Waals surface area contributed by atoms with E-state index in [0.29, 0.717) is 5.82 Å². The first kappa shape index (κ1) is 16.6. The Bertz CT molecular complexity index is 523. The second kappa shape index (κ2) is 7.33. The van der Waals surface area contributed by atoms with Crippen molar-refractivity contribution in [2.45, 2.75) is 24.3 Å². The summed E-state index contributed by atoms with van der Waals surface area (Å²) in [7, 11) is -1.91. The smallest absolute Gasteiger partial charge is 0.242 e. The second-order valence-electron chi connectivity index (χ2n) is 3.93. The van der Waals surface area contributed by atoms with Gasteiger partial charge in [0.2, 0.25) is 10.0 Å². The van der Waals surface area contributed by atoms with Crippen LogP contribution in [-0.4, -0.2) is 38.5 Å². The van der Waals surface area contributed by atoms with E-state index < -0.39 is 10.0 Å². The first-order chi connectivity index (χ1) is 8.94. The summed E-state index contributed by atoms with van der Waals surface area (Å²) >= 11 is 7.55. The standard InChI is InChI=1S/C11H18ClN3O2S2/c1-4-8(7-18-3)15-19(16,17)9-5-10(12)11(13-2)14-6-9/h5-6,8,15H,4,7H2,1-3H3,(H,13,14). The number of aromatic nitrogens is 1. The van der Waals surface area contributed by atoms with Crippen LogP contribution in [0, 0.1) is 0 Å². The maximum atomic E-state index is 12.2. The van der Waals surface area contributed by atoms with E-state index in [0.717, 1.165) is 12.2 Å². The fourth-order valence-electron chi connectivity index (χ4n) is 1.48. The first-order valence-electron chi connectivity index (χ1n) is 5.79. The average Bonchev–Trinajstić information content (AvgIpc) is 2.37. The van der Waals surface area contributed by atoms with Gasteiger partial charge in [0.1, 0.15) is 10.7 Å². The number of hydrogen-bond donors (Lipinski definition) is 2. The lowest BCUT2D eigenvalue weighted by molar-refractivity contribution is 0.558. The van der Waals surface area contributed by atoms with Gasteiger partial charge in [0, 0.05) is 25.0 Å². The van der Waals surface area contributed by atoms with Crippen LogP contribution < -0.4 is 10.0 Å². The Balaban J connectivity index is 2.96. The molecule has 108 valence electrons. The molecule has 0 fully saturated rings. The average molecular weight is 324 g/mol. The Kier molecular flexibility index (Phi) is 6.38. The minimum atomic E-state index is -3.58. The van der Waals surface area contributed by atoms with Crippen molar-refractivity contribution < 1.29 is 8.42 Å². The number of anilines is 1. The maximum Gasteiger partial charge on any atom is 0.242 e. The number of pyridine rings is 1. The van der Waals surface area contributed by atoms with Gasteiger partial charge in [0.15, 0.2) is 0 Å². The van der Waals surface area contributed by atoms with Crippen molar-refractivity contribution >= 4 is 39.2 Å². The molecule has 0 spiro atoms. The molecule has 0 saturated heterocycles. The van der Waals surface area contributed by atoms with Gasteiger partial charge in [0.25, 0.3) is 0 Å². The molecule has 0 aliphatic carbocycles. The van der Waals surface area contributed by atoms with E-state index in [1.54, 1.807) is 18.8 Å². The van der Waals surface area contributed by atoms with Crippen LogP contribution in [0.15, 0.2) is 17.2 Å². The van der Waals surface area contributed by atoms with Gasteiger partial charge in [-0.05, 0) is 18.7 Å². The largest absolute Gasteiger partial charge is 0.372 e. The maximum absolute atomic E-state index is 12.2. The molecule has 1 aromatic heterocycles. The van der Waals surface area contributed by atoms with Crippen LogP contribution >= 0.6 is 23.4 Å². The van der Waals surface area contributed by atoms with Crippen molar-refractivity contribution in [2.75, 3.05) is 24.4 Å². The van der Waals surface area contributed by atoms with Gasteiger partial charge >= 0.3 is 0 Å². The summed E-state index contributed by atoms with van der Waals surface area (Å²) in [6.07, 6.45) is 3.97. The fourth-order valence-corrected chi connectivity index (χ4v) is 3.92. The zero-order valence-corrected chi connectivity index (χ0v) is 13.5. The lowest BCUT2D eigenvalue weighted by Gasteiger charge is -2.16. The van der Waals surface area contributed by atoms with E-state index in [1.807, 2.05) is 13.2 Å². The van der Waals surface area contributed by atoms with Crippen molar-refractivity contribution in [2.24, 2.45) is 0 Å². The fraction of sp³-hybridized carbons (Fsp3) is 0.545. The van der Waals surface area contributed by atoms with Gasteiger partial charge in [-0.2, -0.15) is 11.8 Å². The number of hydrogen-bond acceptors (Lipinski definition) is 5. The number of nitrogens with one attached hydrogen (secondary N) is 2. The molecule has 1 unspecified atom stereocenters. The van der Waals surface area contributed by atoms with Gasteiger partial charge in [-0.3, -0.25) is 0 Å².